The summed E-state index contributed by atoms with van der Waals surface area (Å²) < 4.78 is 0. The number of piperidine rings is 1. The van der Waals surface area contributed by atoms with Crippen LogP contribution in [-0.4, -0.2) is 61.2 Å². The van der Waals surface area contributed by atoms with E-state index in [1.807, 2.05) is 0 Å². The summed E-state index contributed by atoms with van der Waals surface area (Å²) in [4.78, 5) is 5.58. The molecule has 3 rings (SSSR count). The Morgan fingerprint density at radius 2 is 1.53 bits per heavy atom. The lowest BCUT2D eigenvalue weighted by Crippen LogP contribution is -2.52. The van der Waals surface area contributed by atoms with Crippen molar-refractivity contribution in [1.29, 1.82) is 0 Å². The maximum Gasteiger partial charge on any atom is 0.0123 e. The van der Waals surface area contributed by atoms with Gasteiger partial charge in [-0.15, -0.1) is 0 Å². The molecule has 3 heteroatoms. The van der Waals surface area contributed by atoms with Gasteiger partial charge in [-0.1, -0.05) is 13.8 Å². The van der Waals surface area contributed by atoms with Crippen molar-refractivity contribution >= 4 is 0 Å². The average Bonchev–Trinajstić information content (AvgIpc) is 2.83. The van der Waals surface area contributed by atoms with Gasteiger partial charge in [0.1, 0.15) is 0 Å². The Morgan fingerprint density at radius 3 is 2.26 bits per heavy atom. The zero-order valence-corrected chi connectivity index (χ0v) is 12.8. The molecule has 3 saturated heterocycles. The van der Waals surface area contributed by atoms with Crippen molar-refractivity contribution in [1.82, 2.24) is 15.1 Å². The third-order valence-corrected chi connectivity index (χ3v) is 5.39. The Hall–Kier alpha value is -0.120. The summed E-state index contributed by atoms with van der Waals surface area (Å²) in [5.41, 5.74) is 0. The molecule has 4 unspecified atom stereocenters. The van der Waals surface area contributed by atoms with E-state index >= 15 is 0 Å². The molecule has 3 aliphatic heterocycles. The summed E-state index contributed by atoms with van der Waals surface area (Å²) in [6.07, 6.45) is 5.74. The molecule has 0 aromatic heterocycles. The highest BCUT2D eigenvalue weighted by Crippen LogP contribution is 2.30. The summed E-state index contributed by atoms with van der Waals surface area (Å²) in [7, 11) is 0. The molecule has 0 saturated carbocycles. The van der Waals surface area contributed by atoms with Gasteiger partial charge in [0, 0.05) is 25.2 Å². The van der Waals surface area contributed by atoms with Gasteiger partial charge in [-0.3, -0.25) is 4.90 Å². The van der Waals surface area contributed by atoms with Gasteiger partial charge in [-0.2, -0.15) is 0 Å². The van der Waals surface area contributed by atoms with Crippen LogP contribution in [0.15, 0.2) is 0 Å². The van der Waals surface area contributed by atoms with Gasteiger partial charge in [0.15, 0.2) is 0 Å². The van der Waals surface area contributed by atoms with E-state index in [2.05, 4.69) is 29.0 Å². The summed E-state index contributed by atoms with van der Waals surface area (Å²) in [6.45, 7) is 12.5. The molecule has 0 aliphatic carbocycles. The lowest BCUT2D eigenvalue weighted by molar-refractivity contribution is 0.0625. The van der Waals surface area contributed by atoms with Crippen LogP contribution in [0.4, 0.5) is 0 Å². The highest BCUT2D eigenvalue weighted by atomic mass is 15.2. The van der Waals surface area contributed by atoms with Crippen molar-refractivity contribution in [3.8, 4) is 0 Å². The Bertz CT molecular complexity index is 282. The molecule has 0 amide bonds. The van der Waals surface area contributed by atoms with Crippen molar-refractivity contribution in [2.45, 2.75) is 51.6 Å². The first-order chi connectivity index (χ1) is 9.22. The first-order valence-corrected chi connectivity index (χ1v) is 8.41. The highest BCUT2D eigenvalue weighted by Gasteiger charge is 2.35. The quantitative estimate of drug-likeness (QED) is 0.780. The van der Waals surface area contributed by atoms with Crippen LogP contribution in [0.3, 0.4) is 0 Å². The molecule has 110 valence electrons. The minimum Gasteiger partial charge on any atom is -0.316 e. The molecule has 3 heterocycles. The largest absolute Gasteiger partial charge is 0.316 e. The molecule has 0 aromatic carbocycles. The smallest absolute Gasteiger partial charge is 0.0123 e. The molecule has 3 aliphatic rings. The van der Waals surface area contributed by atoms with E-state index in [1.165, 1.54) is 65.0 Å². The Kier molecular flexibility index (Phi) is 4.45. The number of hydrogen-bond donors (Lipinski definition) is 1. The van der Waals surface area contributed by atoms with Crippen LogP contribution in [-0.2, 0) is 0 Å². The monoisotopic (exact) mass is 265 g/mol. The Labute approximate surface area is 118 Å². The summed E-state index contributed by atoms with van der Waals surface area (Å²) >= 11 is 0. The van der Waals surface area contributed by atoms with Crippen molar-refractivity contribution in [3.63, 3.8) is 0 Å². The molecule has 19 heavy (non-hydrogen) atoms. The van der Waals surface area contributed by atoms with Gasteiger partial charge in [-0.05, 0) is 63.7 Å². The van der Waals surface area contributed by atoms with E-state index in [1.54, 1.807) is 0 Å². The van der Waals surface area contributed by atoms with Gasteiger partial charge < -0.3 is 10.2 Å². The Balaban J connectivity index is 1.61. The predicted molar refractivity (Wildman–Crippen MR) is 80.4 cm³/mol. The lowest BCUT2D eigenvalue weighted by atomic mass is 9.93. The molecule has 3 nitrogen and oxygen atoms in total. The molecule has 3 fully saturated rings. The summed E-state index contributed by atoms with van der Waals surface area (Å²) in [5.74, 6) is 1.60. The molecule has 1 N–H and O–H groups in total. The number of nitrogens with zero attached hydrogens (tertiary/aromatic N) is 2. The third-order valence-electron chi connectivity index (χ3n) is 5.39. The topological polar surface area (TPSA) is 18.5 Å². The van der Waals surface area contributed by atoms with Crippen molar-refractivity contribution in [2.75, 3.05) is 39.3 Å². The maximum absolute atomic E-state index is 3.61. The van der Waals surface area contributed by atoms with Crippen LogP contribution in [0.2, 0.25) is 0 Å². The summed E-state index contributed by atoms with van der Waals surface area (Å²) in [6, 6.07) is 1.77. The van der Waals surface area contributed by atoms with E-state index in [-0.39, 0.29) is 0 Å². The fourth-order valence-corrected chi connectivity index (χ4v) is 4.41. The zero-order chi connectivity index (χ0) is 13.2. The van der Waals surface area contributed by atoms with Crippen LogP contribution in [0.25, 0.3) is 0 Å². The van der Waals surface area contributed by atoms with Crippen LogP contribution >= 0.6 is 0 Å². The van der Waals surface area contributed by atoms with E-state index in [4.69, 9.17) is 0 Å². The van der Waals surface area contributed by atoms with Crippen molar-refractivity contribution in [2.24, 2.45) is 11.8 Å². The minimum atomic E-state index is 0.800. The second-order valence-electron chi connectivity index (χ2n) is 7.33. The van der Waals surface area contributed by atoms with Crippen molar-refractivity contribution in [3.05, 3.63) is 0 Å². The first-order valence-electron chi connectivity index (χ1n) is 8.41. The molecule has 0 radical (unpaired) electrons. The predicted octanol–water partition coefficient (Wildman–Crippen LogP) is 1.79. The molecular weight excluding hydrogens is 234 g/mol. The molecule has 4 atom stereocenters. The minimum absolute atomic E-state index is 0.800. The maximum atomic E-state index is 3.61. The second kappa shape index (κ2) is 6.11. The zero-order valence-electron chi connectivity index (χ0n) is 12.8. The fraction of sp³-hybridized carbons (Fsp3) is 1.00. The Morgan fingerprint density at radius 1 is 0.842 bits per heavy atom. The third kappa shape index (κ3) is 3.32. The number of nitrogens with one attached hydrogen (secondary N) is 1. The first kappa shape index (κ1) is 13.8. The van der Waals surface area contributed by atoms with Crippen molar-refractivity contribution < 1.29 is 0 Å². The normalized spacial score (nSPS) is 42.6. The van der Waals surface area contributed by atoms with E-state index in [0.29, 0.717) is 0 Å². The van der Waals surface area contributed by atoms with Crippen LogP contribution < -0.4 is 5.32 Å². The summed E-state index contributed by atoms with van der Waals surface area (Å²) in [5, 5.41) is 3.61. The standard InChI is InChI=1S/C16H31N3/c1-13-9-17-10-14(2)12-19(11-13)16-5-7-18-6-3-4-15(18)8-16/h13-17H,3-12H2,1-2H3. The number of fused-ring (bicyclic) bond motifs is 1. The van der Waals surface area contributed by atoms with E-state index in [9.17, 15) is 0 Å². The molecule has 0 spiro atoms. The van der Waals surface area contributed by atoms with Gasteiger partial charge in [-0.25, -0.2) is 0 Å². The van der Waals surface area contributed by atoms with Gasteiger partial charge >= 0.3 is 0 Å². The van der Waals surface area contributed by atoms with E-state index in [0.717, 1.165) is 23.9 Å². The molecule has 0 aromatic rings. The SMILES string of the molecule is CC1CNCC(C)CN(C2CCN3CCCC3C2)C1. The average molecular weight is 265 g/mol. The molecular formula is C16H31N3. The fourth-order valence-electron chi connectivity index (χ4n) is 4.41. The number of rotatable bonds is 1. The van der Waals surface area contributed by atoms with Gasteiger partial charge in [0.25, 0.3) is 0 Å². The van der Waals surface area contributed by atoms with E-state index < -0.39 is 0 Å². The highest BCUT2D eigenvalue weighted by molar-refractivity contribution is 4.91. The van der Waals surface area contributed by atoms with Gasteiger partial charge in [0.05, 0.1) is 0 Å². The van der Waals surface area contributed by atoms with Crippen LogP contribution in [0, 0.1) is 11.8 Å². The van der Waals surface area contributed by atoms with Gasteiger partial charge in [0.2, 0.25) is 0 Å². The van der Waals surface area contributed by atoms with Crippen LogP contribution in [0.1, 0.15) is 39.5 Å². The van der Waals surface area contributed by atoms with Crippen LogP contribution in [0.5, 0.6) is 0 Å². The molecule has 0 bridgehead atoms. The second-order valence-corrected chi connectivity index (χ2v) is 7.33. The number of hydrogen-bond acceptors (Lipinski definition) is 3. The lowest BCUT2D eigenvalue weighted by Gasteiger charge is -2.43.